The van der Waals surface area contributed by atoms with Crippen molar-refractivity contribution >= 4 is 11.8 Å². The van der Waals surface area contributed by atoms with Crippen molar-refractivity contribution < 1.29 is 5.11 Å². The number of nitrogens with one attached hydrogen (secondary N) is 1. The lowest BCUT2D eigenvalue weighted by Gasteiger charge is -2.52. The number of aliphatic hydroxyl groups is 1. The van der Waals surface area contributed by atoms with E-state index in [9.17, 15) is 5.11 Å². The second kappa shape index (κ2) is 3.94. The van der Waals surface area contributed by atoms with Crippen LogP contribution in [-0.2, 0) is 0 Å². The number of aliphatic hydroxyl groups excluding tert-OH is 1. The van der Waals surface area contributed by atoms with Crippen molar-refractivity contribution in [3.63, 3.8) is 0 Å². The summed E-state index contributed by atoms with van der Waals surface area (Å²) in [5, 5.41) is 13.3. The average Bonchev–Trinajstić information content (AvgIpc) is 2.15. The fourth-order valence-corrected chi connectivity index (χ4v) is 3.51. The number of hydrogen-bond acceptors (Lipinski definition) is 3. The molecular weight excluding hydrogens is 206 g/mol. The predicted molar refractivity (Wildman–Crippen MR) is 66.3 cm³/mol. The van der Waals surface area contributed by atoms with Crippen molar-refractivity contribution in [3.8, 4) is 0 Å². The summed E-state index contributed by atoms with van der Waals surface area (Å²) in [5.74, 6) is 0. The first kappa shape index (κ1) is 11.7. The molecule has 0 radical (unpaired) electrons. The zero-order chi connectivity index (χ0) is 11.1. The highest BCUT2D eigenvalue weighted by atomic mass is 32.2. The molecule has 2 atom stereocenters. The Morgan fingerprint density at radius 1 is 1.40 bits per heavy atom. The molecule has 0 aromatic carbocycles. The van der Waals surface area contributed by atoms with Gasteiger partial charge in [0.1, 0.15) is 0 Å². The van der Waals surface area contributed by atoms with Crippen LogP contribution in [-0.4, -0.2) is 34.8 Å². The fourth-order valence-electron chi connectivity index (χ4n) is 2.58. The van der Waals surface area contributed by atoms with Gasteiger partial charge in [0.05, 0.1) is 6.10 Å². The third-order valence-electron chi connectivity index (χ3n) is 4.58. The molecule has 2 unspecified atom stereocenters. The van der Waals surface area contributed by atoms with E-state index in [1.165, 1.54) is 19.3 Å². The van der Waals surface area contributed by atoms with Gasteiger partial charge in [0.2, 0.25) is 0 Å². The van der Waals surface area contributed by atoms with Crippen LogP contribution in [0.4, 0.5) is 0 Å². The van der Waals surface area contributed by atoms with E-state index in [2.05, 4.69) is 25.4 Å². The Hall–Kier alpha value is 0.270. The minimum atomic E-state index is -0.110. The molecule has 0 aromatic heterocycles. The first-order valence-corrected chi connectivity index (χ1v) is 7.19. The first-order chi connectivity index (χ1) is 7.00. The van der Waals surface area contributed by atoms with Crippen molar-refractivity contribution in [3.05, 3.63) is 0 Å². The van der Waals surface area contributed by atoms with Gasteiger partial charge in [0.25, 0.3) is 0 Å². The smallest absolute Gasteiger partial charge is 0.0621 e. The molecular formula is C12H23NOS. The molecule has 2 aliphatic carbocycles. The molecule has 0 aliphatic heterocycles. The Bertz CT molecular complexity index is 232. The van der Waals surface area contributed by atoms with Crippen LogP contribution >= 0.6 is 11.8 Å². The molecule has 3 heteroatoms. The van der Waals surface area contributed by atoms with E-state index in [0.717, 1.165) is 13.0 Å². The molecule has 0 bridgehead atoms. The molecule has 2 fully saturated rings. The quantitative estimate of drug-likeness (QED) is 0.773. The molecule has 0 heterocycles. The number of hydrogen-bond donors (Lipinski definition) is 2. The lowest BCUT2D eigenvalue weighted by molar-refractivity contribution is -0.0734. The topological polar surface area (TPSA) is 32.3 Å². The van der Waals surface area contributed by atoms with Gasteiger partial charge in [-0.25, -0.2) is 0 Å². The van der Waals surface area contributed by atoms with E-state index in [1.54, 1.807) is 0 Å². The molecule has 2 rings (SSSR count). The maximum absolute atomic E-state index is 9.66. The highest BCUT2D eigenvalue weighted by Crippen LogP contribution is 2.44. The van der Waals surface area contributed by atoms with Gasteiger partial charge in [-0.1, -0.05) is 20.3 Å². The molecule has 0 spiro atoms. The highest BCUT2D eigenvalue weighted by Gasteiger charge is 2.48. The van der Waals surface area contributed by atoms with Crippen LogP contribution in [0.15, 0.2) is 0 Å². The van der Waals surface area contributed by atoms with E-state index in [0.29, 0.717) is 10.8 Å². The zero-order valence-electron chi connectivity index (χ0n) is 10.0. The Balaban J connectivity index is 1.79. The van der Waals surface area contributed by atoms with E-state index in [4.69, 9.17) is 0 Å². The SMILES string of the molecule is CSC1(CNC2CC(O)C2(C)C)CCC1. The molecule has 88 valence electrons. The Labute approximate surface area is 97.2 Å². The third kappa shape index (κ3) is 1.94. The van der Waals surface area contributed by atoms with Crippen LogP contribution in [0.1, 0.15) is 39.5 Å². The second-order valence-electron chi connectivity index (χ2n) is 5.75. The lowest BCUT2D eigenvalue weighted by Crippen LogP contribution is -2.62. The minimum Gasteiger partial charge on any atom is -0.392 e. The molecule has 2 saturated carbocycles. The molecule has 2 nitrogen and oxygen atoms in total. The lowest BCUT2D eigenvalue weighted by atomic mass is 9.64. The standard InChI is InChI=1S/C12H23NOS/c1-11(2)9(7-10(11)14)13-8-12(15-3)5-4-6-12/h9-10,13-14H,4-8H2,1-3H3. The van der Waals surface area contributed by atoms with Gasteiger partial charge < -0.3 is 10.4 Å². The Morgan fingerprint density at radius 3 is 2.40 bits per heavy atom. The predicted octanol–water partition coefficient (Wildman–Crippen LogP) is 2.02. The maximum Gasteiger partial charge on any atom is 0.0621 e. The van der Waals surface area contributed by atoms with Gasteiger partial charge in [-0.2, -0.15) is 11.8 Å². The fraction of sp³-hybridized carbons (Fsp3) is 1.00. The zero-order valence-corrected chi connectivity index (χ0v) is 10.9. The van der Waals surface area contributed by atoms with Crippen LogP contribution in [0.3, 0.4) is 0 Å². The van der Waals surface area contributed by atoms with Gasteiger partial charge in [0, 0.05) is 22.7 Å². The van der Waals surface area contributed by atoms with Crippen molar-refractivity contribution in [2.24, 2.45) is 5.41 Å². The van der Waals surface area contributed by atoms with Crippen molar-refractivity contribution in [1.82, 2.24) is 5.32 Å². The molecule has 0 aromatic rings. The summed E-state index contributed by atoms with van der Waals surface area (Å²) in [4.78, 5) is 0. The molecule has 15 heavy (non-hydrogen) atoms. The van der Waals surface area contributed by atoms with E-state index in [-0.39, 0.29) is 11.5 Å². The maximum atomic E-state index is 9.66. The van der Waals surface area contributed by atoms with Crippen LogP contribution in [0.2, 0.25) is 0 Å². The number of thioether (sulfide) groups is 1. The van der Waals surface area contributed by atoms with E-state index >= 15 is 0 Å². The normalized spacial score (nSPS) is 36.8. The van der Waals surface area contributed by atoms with Crippen molar-refractivity contribution in [2.45, 2.75) is 56.4 Å². The van der Waals surface area contributed by atoms with Crippen LogP contribution in [0, 0.1) is 5.41 Å². The summed E-state index contributed by atoms with van der Waals surface area (Å²) < 4.78 is 0.511. The third-order valence-corrected chi connectivity index (χ3v) is 6.00. The van der Waals surface area contributed by atoms with Gasteiger partial charge in [-0.3, -0.25) is 0 Å². The highest BCUT2D eigenvalue weighted by molar-refractivity contribution is 8.00. The van der Waals surface area contributed by atoms with E-state index < -0.39 is 0 Å². The molecule has 2 N–H and O–H groups in total. The summed E-state index contributed by atoms with van der Waals surface area (Å²) in [5.41, 5.74) is 0.0728. The summed E-state index contributed by atoms with van der Waals surface area (Å²) in [6.07, 6.45) is 7.15. The molecule has 2 aliphatic rings. The average molecular weight is 229 g/mol. The van der Waals surface area contributed by atoms with Crippen molar-refractivity contribution in [1.29, 1.82) is 0 Å². The largest absolute Gasteiger partial charge is 0.392 e. The monoisotopic (exact) mass is 229 g/mol. The van der Waals surface area contributed by atoms with Gasteiger partial charge in [-0.05, 0) is 25.5 Å². The summed E-state index contributed by atoms with van der Waals surface area (Å²) in [6, 6.07) is 0.511. The summed E-state index contributed by atoms with van der Waals surface area (Å²) in [6.45, 7) is 5.44. The first-order valence-electron chi connectivity index (χ1n) is 5.97. The van der Waals surface area contributed by atoms with E-state index in [1.807, 2.05) is 11.8 Å². The van der Waals surface area contributed by atoms with Crippen LogP contribution in [0.25, 0.3) is 0 Å². The van der Waals surface area contributed by atoms with Gasteiger partial charge in [0.15, 0.2) is 0 Å². The van der Waals surface area contributed by atoms with Gasteiger partial charge in [-0.15, -0.1) is 0 Å². The Morgan fingerprint density at radius 2 is 2.07 bits per heavy atom. The Kier molecular flexibility index (Phi) is 3.08. The minimum absolute atomic E-state index is 0.0728. The molecule has 0 amide bonds. The summed E-state index contributed by atoms with van der Waals surface area (Å²) in [7, 11) is 0. The second-order valence-corrected chi connectivity index (χ2v) is 7.02. The van der Waals surface area contributed by atoms with Gasteiger partial charge >= 0.3 is 0 Å². The summed E-state index contributed by atoms with van der Waals surface area (Å²) >= 11 is 2.01. The van der Waals surface area contributed by atoms with Crippen LogP contribution in [0.5, 0.6) is 0 Å². The number of rotatable bonds is 4. The van der Waals surface area contributed by atoms with Crippen LogP contribution < -0.4 is 5.32 Å². The molecule has 0 saturated heterocycles. The van der Waals surface area contributed by atoms with Crippen molar-refractivity contribution in [2.75, 3.05) is 12.8 Å².